The quantitative estimate of drug-likeness (QED) is 0.909. The summed E-state index contributed by atoms with van der Waals surface area (Å²) in [5, 5.41) is 2.96. The molecule has 0 aliphatic rings. The summed E-state index contributed by atoms with van der Waals surface area (Å²) >= 11 is 6.16. The Morgan fingerprint density at radius 3 is 2.32 bits per heavy atom. The number of rotatable bonds is 5. The number of likely N-dealkylation sites (N-methyl/N-ethyl adjacent to an activating group) is 1. The SMILES string of the molecule is CNCC(C)(C)c1ccc(S(=O)(=O)C(C)C)c(Cl)c1. The third-order valence-corrected chi connectivity index (χ3v) is 5.89. The van der Waals surface area contributed by atoms with E-state index >= 15 is 0 Å². The lowest BCUT2D eigenvalue weighted by Gasteiger charge is -2.25. The van der Waals surface area contributed by atoms with Crippen LogP contribution in [0, 0.1) is 0 Å². The van der Waals surface area contributed by atoms with Crippen LogP contribution in [0.4, 0.5) is 0 Å². The molecule has 0 bridgehead atoms. The number of benzene rings is 1. The van der Waals surface area contributed by atoms with Crippen LogP contribution in [0.1, 0.15) is 33.3 Å². The summed E-state index contributed by atoms with van der Waals surface area (Å²) in [6.07, 6.45) is 0. The minimum Gasteiger partial charge on any atom is -0.319 e. The fraction of sp³-hybridized carbons (Fsp3) is 0.571. The third-order valence-electron chi connectivity index (χ3n) is 3.26. The molecule has 1 aromatic rings. The summed E-state index contributed by atoms with van der Waals surface area (Å²) in [5.74, 6) is 0. The molecule has 0 saturated heterocycles. The zero-order chi connectivity index (χ0) is 14.8. The van der Waals surface area contributed by atoms with Gasteiger partial charge in [-0.1, -0.05) is 31.5 Å². The van der Waals surface area contributed by atoms with Crippen molar-refractivity contribution in [2.24, 2.45) is 0 Å². The van der Waals surface area contributed by atoms with Crippen LogP contribution in [0.2, 0.25) is 5.02 Å². The molecule has 0 amide bonds. The lowest BCUT2D eigenvalue weighted by atomic mass is 9.85. The molecule has 0 fully saturated rings. The van der Waals surface area contributed by atoms with E-state index in [4.69, 9.17) is 11.6 Å². The van der Waals surface area contributed by atoms with Gasteiger partial charge in [0.1, 0.15) is 0 Å². The first-order chi connectivity index (χ1) is 8.63. The predicted octanol–water partition coefficient (Wildman–Crippen LogP) is 3.02. The van der Waals surface area contributed by atoms with Crippen LogP contribution in [-0.4, -0.2) is 27.3 Å². The van der Waals surface area contributed by atoms with Crippen molar-refractivity contribution >= 4 is 21.4 Å². The molecule has 0 unspecified atom stereocenters. The standard InChI is InChI=1S/C14H22ClNO2S/c1-10(2)19(17,18)13-7-6-11(8-12(13)15)14(3,4)9-16-5/h6-8,10,16H,9H2,1-5H3. The Morgan fingerprint density at radius 2 is 1.89 bits per heavy atom. The van der Waals surface area contributed by atoms with Crippen molar-refractivity contribution in [2.45, 2.75) is 43.3 Å². The first kappa shape index (κ1) is 16.5. The second kappa shape index (κ2) is 5.81. The molecule has 0 heterocycles. The summed E-state index contributed by atoms with van der Waals surface area (Å²) in [4.78, 5) is 0.216. The number of hydrogen-bond acceptors (Lipinski definition) is 3. The minimum atomic E-state index is -3.33. The topological polar surface area (TPSA) is 46.2 Å². The Morgan fingerprint density at radius 1 is 1.32 bits per heavy atom. The maximum atomic E-state index is 12.1. The first-order valence-corrected chi connectivity index (χ1v) is 8.24. The Kier molecular flexibility index (Phi) is 5.04. The maximum absolute atomic E-state index is 12.1. The summed E-state index contributed by atoms with van der Waals surface area (Å²) in [6, 6.07) is 5.22. The van der Waals surface area contributed by atoms with Gasteiger partial charge in [-0.2, -0.15) is 0 Å². The van der Waals surface area contributed by atoms with Gasteiger partial charge in [-0.05, 0) is 38.6 Å². The molecule has 108 valence electrons. The highest BCUT2D eigenvalue weighted by Gasteiger charge is 2.25. The van der Waals surface area contributed by atoms with Crippen LogP contribution in [0.5, 0.6) is 0 Å². The van der Waals surface area contributed by atoms with Crippen molar-refractivity contribution in [3.63, 3.8) is 0 Å². The zero-order valence-electron chi connectivity index (χ0n) is 12.1. The van der Waals surface area contributed by atoms with Gasteiger partial charge in [0.2, 0.25) is 0 Å². The van der Waals surface area contributed by atoms with Crippen LogP contribution in [0.15, 0.2) is 23.1 Å². The highest BCUT2D eigenvalue weighted by atomic mass is 35.5. The molecule has 5 heteroatoms. The highest BCUT2D eigenvalue weighted by molar-refractivity contribution is 7.92. The Balaban J connectivity index is 3.26. The first-order valence-electron chi connectivity index (χ1n) is 6.31. The smallest absolute Gasteiger partial charge is 0.182 e. The van der Waals surface area contributed by atoms with E-state index in [9.17, 15) is 8.42 Å². The summed E-state index contributed by atoms with van der Waals surface area (Å²) < 4.78 is 24.3. The lowest BCUT2D eigenvalue weighted by molar-refractivity contribution is 0.493. The molecule has 0 aliphatic heterocycles. The zero-order valence-corrected chi connectivity index (χ0v) is 13.7. The second-order valence-corrected chi connectivity index (χ2v) is 8.53. The molecule has 0 aliphatic carbocycles. The molecule has 3 nitrogen and oxygen atoms in total. The Hall–Kier alpha value is -0.580. The normalized spacial score (nSPS) is 13.0. The molecule has 0 aromatic heterocycles. The molecular weight excluding hydrogens is 282 g/mol. The van der Waals surface area contributed by atoms with Gasteiger partial charge < -0.3 is 5.32 Å². The molecular formula is C14H22ClNO2S. The van der Waals surface area contributed by atoms with E-state index in [0.717, 1.165) is 12.1 Å². The van der Waals surface area contributed by atoms with Crippen LogP contribution >= 0.6 is 11.6 Å². The van der Waals surface area contributed by atoms with Gasteiger partial charge in [-0.3, -0.25) is 0 Å². The Bertz CT molecular complexity index is 551. The average Bonchev–Trinajstić information content (AvgIpc) is 2.28. The van der Waals surface area contributed by atoms with Crippen molar-refractivity contribution in [3.8, 4) is 0 Å². The van der Waals surface area contributed by atoms with Gasteiger partial charge in [0.15, 0.2) is 9.84 Å². The van der Waals surface area contributed by atoms with Gasteiger partial charge in [0, 0.05) is 12.0 Å². The summed E-state index contributed by atoms with van der Waals surface area (Å²) in [7, 11) is -1.44. The van der Waals surface area contributed by atoms with Gasteiger partial charge in [0.05, 0.1) is 15.2 Å². The van der Waals surface area contributed by atoms with E-state index in [-0.39, 0.29) is 10.3 Å². The van der Waals surface area contributed by atoms with Gasteiger partial charge in [-0.25, -0.2) is 8.42 Å². The fourth-order valence-electron chi connectivity index (χ4n) is 1.95. The molecule has 1 aromatic carbocycles. The van der Waals surface area contributed by atoms with E-state index in [0.29, 0.717) is 5.02 Å². The highest BCUT2D eigenvalue weighted by Crippen LogP contribution is 2.31. The van der Waals surface area contributed by atoms with Crippen molar-refractivity contribution in [2.75, 3.05) is 13.6 Å². The second-order valence-electron chi connectivity index (χ2n) is 5.65. The van der Waals surface area contributed by atoms with Crippen molar-refractivity contribution < 1.29 is 8.42 Å². The van der Waals surface area contributed by atoms with Crippen LogP contribution in [-0.2, 0) is 15.3 Å². The van der Waals surface area contributed by atoms with E-state index in [1.807, 2.05) is 13.1 Å². The third kappa shape index (κ3) is 3.50. The summed E-state index contributed by atoms with van der Waals surface area (Å²) in [6.45, 7) is 8.28. The largest absolute Gasteiger partial charge is 0.319 e. The van der Waals surface area contributed by atoms with Crippen molar-refractivity contribution in [3.05, 3.63) is 28.8 Å². The van der Waals surface area contributed by atoms with Gasteiger partial charge in [0.25, 0.3) is 0 Å². The van der Waals surface area contributed by atoms with Crippen LogP contribution in [0.25, 0.3) is 0 Å². The molecule has 0 radical (unpaired) electrons. The van der Waals surface area contributed by atoms with Gasteiger partial charge >= 0.3 is 0 Å². The average molecular weight is 304 g/mol. The van der Waals surface area contributed by atoms with E-state index in [1.54, 1.807) is 26.0 Å². The molecule has 0 saturated carbocycles. The molecule has 0 spiro atoms. The minimum absolute atomic E-state index is 0.0987. The monoisotopic (exact) mass is 303 g/mol. The van der Waals surface area contributed by atoms with E-state index < -0.39 is 15.1 Å². The number of hydrogen-bond donors (Lipinski definition) is 1. The molecule has 19 heavy (non-hydrogen) atoms. The fourth-order valence-corrected chi connectivity index (χ4v) is 3.55. The predicted molar refractivity (Wildman–Crippen MR) is 80.7 cm³/mol. The Labute approximate surface area is 121 Å². The molecule has 1 rings (SSSR count). The van der Waals surface area contributed by atoms with Crippen molar-refractivity contribution in [1.82, 2.24) is 5.32 Å². The number of halogens is 1. The lowest BCUT2D eigenvalue weighted by Crippen LogP contribution is -2.30. The summed E-state index contributed by atoms with van der Waals surface area (Å²) in [5.41, 5.74) is 0.924. The number of sulfone groups is 1. The molecule has 0 atom stereocenters. The van der Waals surface area contributed by atoms with E-state index in [1.165, 1.54) is 0 Å². The van der Waals surface area contributed by atoms with Gasteiger partial charge in [-0.15, -0.1) is 0 Å². The van der Waals surface area contributed by atoms with E-state index in [2.05, 4.69) is 19.2 Å². The number of nitrogens with one attached hydrogen (secondary N) is 1. The van der Waals surface area contributed by atoms with Crippen LogP contribution < -0.4 is 5.32 Å². The van der Waals surface area contributed by atoms with Crippen molar-refractivity contribution in [1.29, 1.82) is 0 Å². The van der Waals surface area contributed by atoms with Crippen LogP contribution in [0.3, 0.4) is 0 Å². The molecule has 1 N–H and O–H groups in total. The maximum Gasteiger partial charge on any atom is 0.182 e.